The normalized spacial score (nSPS) is 24.6. The molecule has 1 N–H and O–H groups in total. The topological polar surface area (TPSA) is 32.7 Å². The number of quaternary nitrogens is 1. The molecule has 1 aromatic rings. The first-order valence-electron chi connectivity index (χ1n) is 9.85. The quantitative estimate of drug-likeness (QED) is 0.642. The lowest BCUT2D eigenvalue weighted by atomic mass is 10.0. The molecule has 0 bridgehead atoms. The number of hydrogen-bond donors (Lipinski definition) is 1. The first kappa shape index (κ1) is 18.9. The maximum atomic E-state index is 12.1. The van der Waals surface area contributed by atoms with Crippen LogP contribution in [0.4, 0.5) is 0 Å². The van der Waals surface area contributed by atoms with Gasteiger partial charge in [0.05, 0.1) is 34.3 Å². The van der Waals surface area contributed by atoms with E-state index < -0.39 is 8.32 Å². The van der Waals surface area contributed by atoms with Gasteiger partial charge in [-0.15, -0.1) is 0 Å². The highest BCUT2D eigenvalue weighted by atomic mass is 28.4. The zero-order valence-electron chi connectivity index (χ0n) is 16.2. The highest BCUT2D eigenvalue weighted by Crippen LogP contribution is 2.37. The van der Waals surface area contributed by atoms with E-state index in [1.54, 1.807) is 7.11 Å². The molecule has 1 heterocycles. The molecular weight excluding hydrogens is 328 g/mol. The molecule has 1 unspecified atom stereocenters. The number of methoxy groups -OCH3 is 1. The highest BCUT2D eigenvalue weighted by Gasteiger charge is 2.46. The zero-order valence-corrected chi connectivity index (χ0v) is 17.2. The van der Waals surface area contributed by atoms with Gasteiger partial charge >= 0.3 is 0 Å². The van der Waals surface area contributed by atoms with Gasteiger partial charge in [-0.3, -0.25) is 4.90 Å². The van der Waals surface area contributed by atoms with Gasteiger partial charge in [-0.1, -0.05) is 50.3 Å². The summed E-state index contributed by atoms with van der Waals surface area (Å²) < 4.78 is 6.75. The fourth-order valence-corrected chi connectivity index (χ4v) is 8.79. The Balaban J connectivity index is 1.86. The van der Waals surface area contributed by atoms with E-state index >= 15 is 0 Å². The first-order valence-corrected chi connectivity index (χ1v) is 12.1. The van der Waals surface area contributed by atoms with Gasteiger partial charge in [0.2, 0.25) is 8.32 Å². The minimum absolute atomic E-state index is 0.460. The monoisotopic (exact) mass is 363 g/mol. The molecule has 0 aromatic heterocycles. The second-order valence-electron chi connectivity index (χ2n) is 8.62. The van der Waals surface area contributed by atoms with E-state index in [-0.39, 0.29) is 0 Å². The number of hydrogen-bond acceptors (Lipinski definition) is 3. The van der Waals surface area contributed by atoms with E-state index in [4.69, 9.17) is 4.74 Å². The van der Waals surface area contributed by atoms with Crippen LogP contribution in [0.3, 0.4) is 0 Å². The molecule has 0 radical (unpaired) electrons. The molecule has 0 amide bonds. The molecule has 3 rings (SSSR count). The van der Waals surface area contributed by atoms with Crippen molar-refractivity contribution in [1.29, 1.82) is 0 Å². The summed E-state index contributed by atoms with van der Waals surface area (Å²) in [5.41, 5.74) is 0.460. The van der Waals surface area contributed by atoms with Crippen molar-refractivity contribution in [1.82, 2.24) is 4.90 Å². The summed E-state index contributed by atoms with van der Waals surface area (Å²) in [5.74, 6) is 0.885. The Morgan fingerprint density at radius 2 is 1.76 bits per heavy atom. The molecule has 1 saturated heterocycles. The molecule has 1 saturated carbocycles. The summed E-state index contributed by atoms with van der Waals surface area (Å²) in [7, 11) is 3.72. The van der Waals surface area contributed by atoms with Gasteiger partial charge in [0.1, 0.15) is 5.75 Å². The Morgan fingerprint density at radius 1 is 1.12 bits per heavy atom. The average Bonchev–Trinajstić information content (AvgIpc) is 2.64. The largest absolute Gasteiger partial charge is 0.497 e. The van der Waals surface area contributed by atoms with Crippen molar-refractivity contribution in [2.45, 2.75) is 37.6 Å². The summed E-state index contributed by atoms with van der Waals surface area (Å²) in [4.78, 5) is 14.6. The molecular formula is C20H35N2O2Si+. The van der Waals surface area contributed by atoms with Crippen LogP contribution in [0.1, 0.15) is 32.1 Å². The van der Waals surface area contributed by atoms with Gasteiger partial charge in [-0.2, -0.15) is 0 Å². The third-order valence-corrected chi connectivity index (χ3v) is 10.6. The maximum absolute atomic E-state index is 12.1. The summed E-state index contributed by atoms with van der Waals surface area (Å²) in [6.07, 6.45) is 7.06. The number of rotatable bonds is 5. The van der Waals surface area contributed by atoms with E-state index in [1.165, 1.54) is 45.2 Å². The van der Waals surface area contributed by atoms with Crippen LogP contribution in [0.2, 0.25) is 5.54 Å². The molecule has 0 spiro atoms. The molecule has 1 aliphatic heterocycles. The van der Waals surface area contributed by atoms with Gasteiger partial charge in [0.25, 0.3) is 0 Å². The van der Waals surface area contributed by atoms with Crippen molar-refractivity contribution < 1.29 is 14.0 Å². The lowest BCUT2D eigenvalue weighted by molar-refractivity contribution is -0.894. The first-order chi connectivity index (χ1) is 11.9. The lowest BCUT2D eigenvalue weighted by Gasteiger charge is -2.44. The lowest BCUT2D eigenvalue weighted by Crippen LogP contribution is -2.64. The van der Waals surface area contributed by atoms with Crippen molar-refractivity contribution in [3.05, 3.63) is 24.3 Å². The predicted octanol–water partition coefficient (Wildman–Crippen LogP) is 2.11. The van der Waals surface area contributed by atoms with Crippen molar-refractivity contribution in [3.8, 4) is 5.75 Å². The average molecular weight is 364 g/mol. The molecule has 4 nitrogen and oxygen atoms in total. The minimum atomic E-state index is -2.63. The van der Waals surface area contributed by atoms with Crippen LogP contribution in [0, 0.1) is 0 Å². The van der Waals surface area contributed by atoms with E-state index in [9.17, 15) is 4.80 Å². The van der Waals surface area contributed by atoms with Crippen molar-refractivity contribution >= 4 is 13.5 Å². The summed E-state index contributed by atoms with van der Waals surface area (Å²) in [6, 6.07) is 8.23. The Labute approximate surface area is 154 Å². The molecule has 25 heavy (non-hydrogen) atoms. The van der Waals surface area contributed by atoms with Crippen LogP contribution < -0.4 is 9.92 Å². The highest BCUT2D eigenvalue weighted by molar-refractivity contribution is 6.87. The molecule has 2 aliphatic rings. The van der Waals surface area contributed by atoms with Gasteiger partial charge in [0, 0.05) is 24.4 Å². The fourth-order valence-electron chi connectivity index (χ4n) is 4.56. The number of piperazine rings is 1. The summed E-state index contributed by atoms with van der Waals surface area (Å²) in [5, 5.41) is 1.11. The van der Waals surface area contributed by atoms with E-state index in [0.717, 1.165) is 34.7 Å². The Morgan fingerprint density at radius 3 is 2.40 bits per heavy atom. The maximum Gasteiger partial charge on any atom is 0.240 e. The van der Waals surface area contributed by atoms with Crippen LogP contribution >= 0.6 is 0 Å². The zero-order chi connectivity index (χ0) is 17.9. The second kappa shape index (κ2) is 7.78. The number of benzene rings is 1. The summed E-state index contributed by atoms with van der Waals surface area (Å²) in [6.45, 7) is 4.51. The van der Waals surface area contributed by atoms with Gasteiger partial charge in [-0.25, -0.2) is 0 Å². The SMILES string of the molecule is COc1ccccc1[Si](O)(CN1CC[N+](C)(C)CC1)C1CCCCC1. The van der Waals surface area contributed by atoms with Gasteiger partial charge in [0.15, 0.2) is 0 Å². The molecule has 5 heteroatoms. The van der Waals surface area contributed by atoms with Crippen LogP contribution in [-0.4, -0.2) is 76.0 Å². The third-order valence-electron chi connectivity index (χ3n) is 6.36. The van der Waals surface area contributed by atoms with E-state index in [2.05, 4.69) is 31.1 Å². The number of ether oxygens (including phenoxy) is 1. The second-order valence-corrected chi connectivity index (χ2v) is 12.1. The van der Waals surface area contributed by atoms with Gasteiger partial charge in [-0.05, 0) is 11.6 Å². The minimum Gasteiger partial charge on any atom is -0.497 e. The Hall–Kier alpha value is -0.883. The van der Waals surface area contributed by atoms with Crippen molar-refractivity contribution in [3.63, 3.8) is 0 Å². The number of para-hydroxylation sites is 1. The number of nitrogens with zero attached hydrogens (tertiary/aromatic N) is 2. The number of likely N-dealkylation sites (N-methyl/N-ethyl adjacent to an activating group) is 1. The van der Waals surface area contributed by atoms with Gasteiger partial charge < -0.3 is 14.0 Å². The fraction of sp³-hybridized carbons (Fsp3) is 0.700. The van der Waals surface area contributed by atoms with Crippen LogP contribution in [-0.2, 0) is 0 Å². The van der Waals surface area contributed by atoms with Crippen LogP contribution in [0.15, 0.2) is 24.3 Å². The van der Waals surface area contributed by atoms with Crippen molar-refractivity contribution in [2.75, 3.05) is 53.6 Å². The Bertz CT molecular complexity index is 565. The molecule has 2 fully saturated rings. The Kier molecular flexibility index (Phi) is 5.88. The predicted molar refractivity (Wildman–Crippen MR) is 106 cm³/mol. The third kappa shape index (κ3) is 4.27. The van der Waals surface area contributed by atoms with Crippen molar-refractivity contribution in [2.24, 2.45) is 0 Å². The smallest absolute Gasteiger partial charge is 0.240 e. The molecule has 140 valence electrons. The summed E-state index contributed by atoms with van der Waals surface area (Å²) >= 11 is 0. The molecule has 1 atom stereocenters. The molecule has 1 aliphatic carbocycles. The van der Waals surface area contributed by atoms with Crippen LogP contribution in [0.25, 0.3) is 0 Å². The van der Waals surface area contributed by atoms with E-state index in [1.807, 2.05) is 12.1 Å². The standard InChI is InChI=1S/C20H35N2O2Si/c1-22(2)15-13-21(14-16-22)17-25(23,18-9-5-4-6-10-18)20-12-8-7-11-19(20)24-3/h7-8,11-12,18,23H,4-6,9-10,13-17H2,1-3H3/q+1. The van der Waals surface area contributed by atoms with E-state index in [0.29, 0.717) is 5.54 Å². The molecule has 1 aromatic carbocycles. The van der Waals surface area contributed by atoms with Crippen LogP contribution in [0.5, 0.6) is 5.75 Å².